The zero-order valence-electron chi connectivity index (χ0n) is 15.3. The normalized spacial score (nSPS) is 10.3. The predicted molar refractivity (Wildman–Crippen MR) is 107 cm³/mol. The summed E-state index contributed by atoms with van der Waals surface area (Å²) in [5, 5.41) is 11.8. The number of amides is 1. The summed E-state index contributed by atoms with van der Waals surface area (Å²) in [4.78, 5) is 30.8. The van der Waals surface area contributed by atoms with E-state index in [9.17, 15) is 14.9 Å². The van der Waals surface area contributed by atoms with Gasteiger partial charge in [0.25, 0.3) is 5.91 Å². The van der Waals surface area contributed by atoms with E-state index in [-0.39, 0.29) is 22.3 Å². The molecule has 1 amide bonds. The Morgan fingerprint density at radius 3 is 2.55 bits per heavy atom. The average Bonchev–Trinajstić information content (AvgIpc) is 2.72. The minimum absolute atomic E-state index is 0.200. The molecule has 2 N–H and O–H groups in total. The van der Waals surface area contributed by atoms with Gasteiger partial charge in [-0.1, -0.05) is 42.8 Å². The maximum atomic E-state index is 12.3. The molecular formula is C19H16ClN5O4. The Morgan fingerprint density at radius 2 is 1.90 bits per heavy atom. The molecule has 0 aliphatic rings. The number of hydrogen-bond donors (Lipinski definition) is 2. The molecule has 29 heavy (non-hydrogen) atoms. The van der Waals surface area contributed by atoms with Crippen LogP contribution in [-0.2, 0) is 6.42 Å². The number of hydrazine groups is 1. The molecule has 0 radical (unpaired) electrons. The van der Waals surface area contributed by atoms with E-state index in [2.05, 4.69) is 20.8 Å². The van der Waals surface area contributed by atoms with Gasteiger partial charge in [0.15, 0.2) is 0 Å². The fourth-order valence-electron chi connectivity index (χ4n) is 2.43. The molecule has 10 heteroatoms. The first-order valence-corrected chi connectivity index (χ1v) is 8.94. The van der Waals surface area contributed by atoms with Gasteiger partial charge in [-0.05, 0) is 36.2 Å². The summed E-state index contributed by atoms with van der Waals surface area (Å²) in [6.07, 6.45) is 1.94. The summed E-state index contributed by atoms with van der Waals surface area (Å²) in [5.41, 5.74) is 5.54. The van der Waals surface area contributed by atoms with E-state index in [0.29, 0.717) is 5.75 Å². The molecule has 148 valence electrons. The molecule has 3 aromatic rings. The van der Waals surface area contributed by atoms with Crippen molar-refractivity contribution in [2.24, 2.45) is 0 Å². The quantitative estimate of drug-likeness (QED) is 0.441. The lowest BCUT2D eigenvalue weighted by Crippen LogP contribution is -2.30. The smallest absolute Gasteiger partial charge is 0.374 e. The van der Waals surface area contributed by atoms with Crippen LogP contribution in [0.4, 0.5) is 11.5 Å². The van der Waals surface area contributed by atoms with Crippen molar-refractivity contribution >= 4 is 29.0 Å². The van der Waals surface area contributed by atoms with Crippen LogP contribution < -0.4 is 15.6 Å². The van der Waals surface area contributed by atoms with E-state index in [4.69, 9.17) is 16.3 Å². The number of hydrogen-bond acceptors (Lipinski definition) is 7. The highest BCUT2D eigenvalue weighted by molar-refractivity contribution is 6.33. The van der Waals surface area contributed by atoms with Gasteiger partial charge in [-0.15, -0.1) is 0 Å². The van der Waals surface area contributed by atoms with Crippen molar-refractivity contribution < 1.29 is 14.5 Å². The fourth-order valence-corrected chi connectivity index (χ4v) is 2.65. The Kier molecular flexibility index (Phi) is 6.20. The highest BCUT2D eigenvalue weighted by Gasteiger charge is 2.25. The summed E-state index contributed by atoms with van der Waals surface area (Å²) in [6, 6.07) is 13.5. The van der Waals surface area contributed by atoms with Gasteiger partial charge in [0, 0.05) is 0 Å². The van der Waals surface area contributed by atoms with Crippen molar-refractivity contribution in [2.75, 3.05) is 5.43 Å². The molecule has 9 nitrogen and oxygen atoms in total. The molecule has 0 fully saturated rings. The number of carbonyl (C=O) groups excluding carboxylic acids is 1. The fraction of sp³-hybridized carbons (Fsp3) is 0.105. The first-order chi connectivity index (χ1) is 14.0. The standard InChI is InChI=1S/C19H16ClN5O4/c1-2-12-7-9-13(10-8-12)29-19-16(25(27)28)17(21-11-22-19)23-24-18(26)14-5-3-4-6-15(14)20/h3-11H,2H2,1H3,(H,24,26)(H,21,22,23). The van der Waals surface area contributed by atoms with Gasteiger partial charge in [-0.2, -0.15) is 4.98 Å². The molecule has 2 aromatic carbocycles. The third-order valence-corrected chi connectivity index (χ3v) is 4.26. The molecule has 0 aliphatic heterocycles. The van der Waals surface area contributed by atoms with E-state index >= 15 is 0 Å². The van der Waals surface area contributed by atoms with Crippen LogP contribution >= 0.6 is 11.6 Å². The van der Waals surface area contributed by atoms with Crippen LogP contribution in [0, 0.1) is 10.1 Å². The third kappa shape index (κ3) is 4.77. The molecule has 0 spiro atoms. The number of rotatable bonds is 7. The minimum Gasteiger partial charge on any atom is -0.434 e. The SMILES string of the molecule is CCc1ccc(Oc2ncnc(NNC(=O)c3ccccc3Cl)c2[N+](=O)[O-])cc1. The zero-order valence-corrected chi connectivity index (χ0v) is 16.0. The predicted octanol–water partition coefficient (Wildman–Crippen LogP) is 4.15. The number of carbonyl (C=O) groups is 1. The Labute approximate surface area is 170 Å². The second-order valence-corrected chi connectivity index (χ2v) is 6.20. The van der Waals surface area contributed by atoms with Crippen molar-refractivity contribution in [3.05, 3.63) is 81.1 Å². The summed E-state index contributed by atoms with van der Waals surface area (Å²) in [7, 11) is 0. The largest absolute Gasteiger partial charge is 0.434 e. The Balaban J connectivity index is 1.82. The van der Waals surface area contributed by atoms with Gasteiger partial charge < -0.3 is 4.74 Å². The van der Waals surface area contributed by atoms with Crippen LogP contribution in [0.1, 0.15) is 22.8 Å². The molecule has 0 aliphatic carbocycles. The van der Waals surface area contributed by atoms with Crippen molar-refractivity contribution in [1.82, 2.24) is 15.4 Å². The molecule has 1 aromatic heterocycles. The lowest BCUT2D eigenvalue weighted by molar-refractivity contribution is -0.385. The molecular weight excluding hydrogens is 398 g/mol. The zero-order chi connectivity index (χ0) is 20.8. The maximum absolute atomic E-state index is 12.3. The van der Waals surface area contributed by atoms with Crippen LogP contribution in [-0.4, -0.2) is 20.8 Å². The van der Waals surface area contributed by atoms with Gasteiger partial charge in [-0.3, -0.25) is 25.8 Å². The highest BCUT2D eigenvalue weighted by atomic mass is 35.5. The number of nitro groups is 1. The van der Waals surface area contributed by atoms with Gasteiger partial charge in [-0.25, -0.2) is 4.98 Å². The minimum atomic E-state index is -0.695. The molecule has 0 unspecified atom stereocenters. The maximum Gasteiger partial charge on any atom is 0.374 e. The number of aromatic nitrogens is 2. The Bertz CT molecular complexity index is 1040. The van der Waals surface area contributed by atoms with Crippen LogP contribution in [0.5, 0.6) is 11.6 Å². The number of ether oxygens (including phenoxy) is 1. The van der Waals surface area contributed by atoms with Gasteiger partial charge in [0.05, 0.1) is 15.5 Å². The highest BCUT2D eigenvalue weighted by Crippen LogP contribution is 2.33. The molecule has 0 saturated heterocycles. The van der Waals surface area contributed by atoms with E-state index < -0.39 is 16.5 Å². The van der Waals surface area contributed by atoms with E-state index in [1.54, 1.807) is 30.3 Å². The van der Waals surface area contributed by atoms with Gasteiger partial charge in [0.2, 0.25) is 5.82 Å². The molecule has 0 atom stereocenters. The van der Waals surface area contributed by atoms with Gasteiger partial charge >= 0.3 is 11.6 Å². The van der Waals surface area contributed by atoms with Crippen LogP contribution in [0.3, 0.4) is 0 Å². The van der Waals surface area contributed by atoms with Crippen molar-refractivity contribution in [2.45, 2.75) is 13.3 Å². The third-order valence-electron chi connectivity index (χ3n) is 3.93. The summed E-state index contributed by atoms with van der Waals surface area (Å²) >= 11 is 5.98. The Hall–Kier alpha value is -3.72. The number of nitrogens with one attached hydrogen (secondary N) is 2. The van der Waals surface area contributed by atoms with Crippen LogP contribution in [0.2, 0.25) is 5.02 Å². The lowest BCUT2D eigenvalue weighted by atomic mass is 10.2. The molecule has 1 heterocycles. The average molecular weight is 414 g/mol. The second-order valence-electron chi connectivity index (χ2n) is 5.79. The topological polar surface area (TPSA) is 119 Å². The van der Waals surface area contributed by atoms with Crippen molar-refractivity contribution in [3.63, 3.8) is 0 Å². The lowest BCUT2D eigenvalue weighted by Gasteiger charge is -2.11. The van der Waals surface area contributed by atoms with E-state index in [0.717, 1.165) is 18.3 Å². The summed E-state index contributed by atoms with van der Waals surface area (Å²) in [5.74, 6) is -0.689. The first-order valence-electron chi connectivity index (χ1n) is 8.56. The van der Waals surface area contributed by atoms with Crippen LogP contribution in [0.15, 0.2) is 54.9 Å². The monoisotopic (exact) mass is 413 g/mol. The number of benzene rings is 2. The van der Waals surface area contributed by atoms with Crippen molar-refractivity contribution in [1.29, 1.82) is 0 Å². The van der Waals surface area contributed by atoms with E-state index in [1.165, 1.54) is 6.07 Å². The van der Waals surface area contributed by atoms with E-state index in [1.807, 2.05) is 19.1 Å². The second kappa shape index (κ2) is 8.98. The number of nitrogens with zero attached hydrogens (tertiary/aromatic N) is 3. The molecule has 3 rings (SSSR count). The first kappa shape index (κ1) is 20.0. The number of aryl methyl sites for hydroxylation is 1. The number of anilines is 1. The van der Waals surface area contributed by atoms with Crippen LogP contribution in [0.25, 0.3) is 0 Å². The summed E-state index contributed by atoms with van der Waals surface area (Å²) in [6.45, 7) is 2.01. The Morgan fingerprint density at radius 1 is 1.17 bits per heavy atom. The number of halogens is 1. The van der Waals surface area contributed by atoms with Crippen molar-refractivity contribution in [3.8, 4) is 11.6 Å². The molecule has 0 bridgehead atoms. The van der Waals surface area contributed by atoms with Gasteiger partial charge in [0.1, 0.15) is 12.1 Å². The molecule has 0 saturated carbocycles. The summed E-state index contributed by atoms with van der Waals surface area (Å²) < 4.78 is 5.55.